The first-order valence-corrected chi connectivity index (χ1v) is 8.19. The second kappa shape index (κ2) is 13.7. The van der Waals surface area contributed by atoms with E-state index in [0.717, 1.165) is 6.42 Å². The van der Waals surface area contributed by atoms with Gasteiger partial charge in [-0.05, 0) is 13.3 Å². The maximum Gasteiger partial charge on any atom is 0.314 e. The summed E-state index contributed by atoms with van der Waals surface area (Å²) in [6, 6.07) is 0.216. The average molecular weight is 270 g/mol. The van der Waals surface area contributed by atoms with Gasteiger partial charge in [0.2, 0.25) is 0 Å². The van der Waals surface area contributed by atoms with Crippen LogP contribution >= 0.6 is 0 Å². The third-order valence-electron chi connectivity index (χ3n) is 3.60. The molecule has 0 radical (unpaired) electrons. The summed E-state index contributed by atoms with van der Waals surface area (Å²) in [5.74, 6) is 0. The van der Waals surface area contributed by atoms with Gasteiger partial charge in [0, 0.05) is 13.1 Å². The summed E-state index contributed by atoms with van der Waals surface area (Å²) in [4.78, 5) is 11.1. The Hall–Kier alpha value is -0.730. The van der Waals surface area contributed by atoms with E-state index in [1.165, 1.54) is 64.2 Å². The van der Waals surface area contributed by atoms with Crippen LogP contribution in [0, 0.1) is 0 Å². The Bertz CT molecular complexity index is 207. The fourth-order valence-corrected chi connectivity index (χ4v) is 2.31. The van der Waals surface area contributed by atoms with Crippen molar-refractivity contribution >= 4 is 6.03 Å². The van der Waals surface area contributed by atoms with Gasteiger partial charge in [-0.15, -0.1) is 0 Å². The number of nitrogens with one attached hydrogen (secondary N) is 2. The molecule has 0 heterocycles. The maximum atomic E-state index is 11.1. The third kappa shape index (κ3) is 13.5. The van der Waals surface area contributed by atoms with Gasteiger partial charge in [0.05, 0.1) is 0 Å². The van der Waals surface area contributed by atoms with Gasteiger partial charge in [-0.1, -0.05) is 71.1 Å². The molecule has 3 heteroatoms. The molecule has 114 valence electrons. The van der Waals surface area contributed by atoms with Crippen LogP contribution in [0.5, 0.6) is 0 Å². The number of rotatable bonds is 12. The number of hydrogen-bond acceptors (Lipinski definition) is 1. The van der Waals surface area contributed by atoms with Crippen molar-refractivity contribution in [3.8, 4) is 0 Å². The quantitative estimate of drug-likeness (QED) is 0.499. The molecular weight excluding hydrogens is 236 g/mol. The molecule has 0 rings (SSSR count). The van der Waals surface area contributed by atoms with Crippen molar-refractivity contribution in [1.82, 2.24) is 10.6 Å². The summed E-state index contributed by atoms with van der Waals surface area (Å²) in [7, 11) is 1.66. The van der Waals surface area contributed by atoms with Crippen molar-refractivity contribution in [1.29, 1.82) is 0 Å². The summed E-state index contributed by atoms with van der Waals surface area (Å²) in [6.45, 7) is 4.34. The molecule has 0 saturated heterocycles. The Labute approximate surface area is 119 Å². The number of amides is 2. The van der Waals surface area contributed by atoms with Crippen LogP contribution in [0.1, 0.15) is 84.5 Å². The number of unbranched alkanes of at least 4 members (excludes halogenated alkanes) is 9. The van der Waals surface area contributed by atoms with E-state index in [4.69, 9.17) is 0 Å². The Kier molecular flexibility index (Phi) is 13.2. The highest BCUT2D eigenvalue weighted by Crippen LogP contribution is 2.11. The Morgan fingerprint density at radius 1 is 0.895 bits per heavy atom. The molecule has 3 nitrogen and oxygen atoms in total. The molecular formula is C16H34N2O. The molecule has 19 heavy (non-hydrogen) atoms. The van der Waals surface area contributed by atoms with Gasteiger partial charge in [-0.3, -0.25) is 0 Å². The zero-order valence-corrected chi connectivity index (χ0v) is 13.3. The first kappa shape index (κ1) is 18.3. The molecule has 1 atom stereocenters. The highest BCUT2D eigenvalue weighted by molar-refractivity contribution is 5.73. The molecule has 0 aromatic rings. The number of urea groups is 1. The zero-order valence-electron chi connectivity index (χ0n) is 13.3. The van der Waals surface area contributed by atoms with Crippen molar-refractivity contribution in [2.45, 2.75) is 90.5 Å². The first-order valence-electron chi connectivity index (χ1n) is 8.19. The molecule has 0 saturated carbocycles. The van der Waals surface area contributed by atoms with Crippen LogP contribution in [0.3, 0.4) is 0 Å². The van der Waals surface area contributed by atoms with E-state index in [0.29, 0.717) is 0 Å². The SMILES string of the molecule is CCCCCCCCCCCCC(C)NC(=O)NC. The van der Waals surface area contributed by atoms with Gasteiger partial charge in [-0.25, -0.2) is 4.79 Å². The van der Waals surface area contributed by atoms with E-state index >= 15 is 0 Å². The van der Waals surface area contributed by atoms with Gasteiger partial charge >= 0.3 is 6.03 Å². The second-order valence-corrected chi connectivity index (χ2v) is 5.60. The maximum absolute atomic E-state index is 11.1. The van der Waals surface area contributed by atoms with E-state index in [1.807, 2.05) is 0 Å². The van der Waals surface area contributed by atoms with Gasteiger partial charge in [0.1, 0.15) is 0 Å². The molecule has 0 spiro atoms. The molecule has 0 bridgehead atoms. The van der Waals surface area contributed by atoms with Gasteiger partial charge in [-0.2, -0.15) is 0 Å². The summed E-state index contributed by atoms with van der Waals surface area (Å²) >= 11 is 0. The van der Waals surface area contributed by atoms with E-state index in [1.54, 1.807) is 7.05 Å². The third-order valence-corrected chi connectivity index (χ3v) is 3.60. The fourth-order valence-electron chi connectivity index (χ4n) is 2.31. The molecule has 0 aromatic heterocycles. The van der Waals surface area contributed by atoms with Crippen molar-refractivity contribution < 1.29 is 4.79 Å². The standard InChI is InChI=1S/C16H34N2O/c1-4-5-6-7-8-9-10-11-12-13-14-15(2)18-16(19)17-3/h15H,4-14H2,1-3H3,(H2,17,18,19). The van der Waals surface area contributed by atoms with Gasteiger partial charge in [0.15, 0.2) is 0 Å². The lowest BCUT2D eigenvalue weighted by Gasteiger charge is -2.13. The Morgan fingerprint density at radius 3 is 1.84 bits per heavy atom. The van der Waals surface area contributed by atoms with Gasteiger partial charge in [0.25, 0.3) is 0 Å². The molecule has 2 amide bonds. The van der Waals surface area contributed by atoms with E-state index in [9.17, 15) is 4.79 Å². The molecule has 0 aliphatic carbocycles. The minimum Gasteiger partial charge on any atom is -0.341 e. The largest absolute Gasteiger partial charge is 0.341 e. The van der Waals surface area contributed by atoms with Crippen molar-refractivity contribution in [3.05, 3.63) is 0 Å². The van der Waals surface area contributed by atoms with Crippen LogP contribution in [0.25, 0.3) is 0 Å². The summed E-state index contributed by atoms with van der Waals surface area (Å²) in [5.41, 5.74) is 0. The molecule has 2 N–H and O–H groups in total. The smallest absolute Gasteiger partial charge is 0.314 e. The highest BCUT2D eigenvalue weighted by Gasteiger charge is 2.04. The Morgan fingerprint density at radius 2 is 1.37 bits per heavy atom. The predicted molar refractivity (Wildman–Crippen MR) is 83.5 cm³/mol. The lowest BCUT2D eigenvalue weighted by atomic mass is 10.0. The monoisotopic (exact) mass is 270 g/mol. The molecule has 1 unspecified atom stereocenters. The van der Waals surface area contributed by atoms with Crippen LogP contribution < -0.4 is 10.6 Å². The summed E-state index contributed by atoms with van der Waals surface area (Å²) in [6.07, 6.45) is 14.7. The number of hydrogen-bond donors (Lipinski definition) is 2. The van der Waals surface area contributed by atoms with Crippen LogP contribution in [-0.2, 0) is 0 Å². The summed E-state index contributed by atoms with van der Waals surface area (Å²) in [5, 5.41) is 5.50. The minimum atomic E-state index is -0.0698. The summed E-state index contributed by atoms with van der Waals surface area (Å²) < 4.78 is 0. The van der Waals surface area contributed by atoms with Crippen molar-refractivity contribution in [3.63, 3.8) is 0 Å². The normalized spacial score (nSPS) is 12.2. The molecule has 0 aliphatic rings. The predicted octanol–water partition coefficient (Wildman–Crippen LogP) is 4.61. The topological polar surface area (TPSA) is 41.1 Å². The lowest BCUT2D eigenvalue weighted by Crippen LogP contribution is -2.38. The van der Waals surface area contributed by atoms with Crippen molar-refractivity contribution in [2.24, 2.45) is 0 Å². The van der Waals surface area contributed by atoms with Crippen LogP contribution in [0.15, 0.2) is 0 Å². The fraction of sp³-hybridized carbons (Fsp3) is 0.938. The zero-order chi connectivity index (χ0) is 14.3. The van der Waals surface area contributed by atoms with Gasteiger partial charge < -0.3 is 10.6 Å². The lowest BCUT2D eigenvalue weighted by molar-refractivity contribution is 0.239. The number of carbonyl (C=O) groups excluding carboxylic acids is 1. The average Bonchev–Trinajstić information content (AvgIpc) is 2.40. The second-order valence-electron chi connectivity index (χ2n) is 5.60. The van der Waals surface area contributed by atoms with Crippen LogP contribution in [-0.4, -0.2) is 19.1 Å². The van der Waals surface area contributed by atoms with Crippen molar-refractivity contribution in [2.75, 3.05) is 7.05 Å². The van der Waals surface area contributed by atoms with E-state index < -0.39 is 0 Å². The van der Waals surface area contributed by atoms with E-state index in [2.05, 4.69) is 24.5 Å². The Balaban J connectivity index is 3.16. The molecule has 0 fully saturated rings. The molecule has 0 aliphatic heterocycles. The highest BCUT2D eigenvalue weighted by atomic mass is 16.2. The van der Waals surface area contributed by atoms with E-state index in [-0.39, 0.29) is 12.1 Å². The van der Waals surface area contributed by atoms with Crippen LogP contribution in [0.2, 0.25) is 0 Å². The first-order chi connectivity index (χ1) is 9.20. The molecule has 0 aromatic carbocycles. The minimum absolute atomic E-state index is 0.0698. The van der Waals surface area contributed by atoms with Crippen LogP contribution in [0.4, 0.5) is 4.79 Å². The number of carbonyl (C=O) groups is 1.